The van der Waals surface area contributed by atoms with Crippen LogP contribution in [0, 0.1) is 17.8 Å². The van der Waals surface area contributed by atoms with Crippen LogP contribution in [-0.2, 0) is 14.3 Å². The number of esters is 1. The van der Waals surface area contributed by atoms with Gasteiger partial charge in [-0.15, -0.1) is 0 Å². The van der Waals surface area contributed by atoms with Gasteiger partial charge in [0.2, 0.25) is 17.6 Å². The summed E-state index contributed by atoms with van der Waals surface area (Å²) >= 11 is 0. The van der Waals surface area contributed by atoms with Crippen molar-refractivity contribution in [3.05, 3.63) is 65.7 Å². The molecule has 4 rings (SSSR count). The maximum Gasteiger partial charge on any atom is 0.338 e. The molecule has 2 amide bonds. The van der Waals surface area contributed by atoms with Gasteiger partial charge < -0.3 is 4.74 Å². The van der Waals surface area contributed by atoms with Gasteiger partial charge in [-0.05, 0) is 50.3 Å². The van der Waals surface area contributed by atoms with E-state index in [1.807, 2.05) is 0 Å². The Morgan fingerprint density at radius 1 is 0.935 bits per heavy atom. The van der Waals surface area contributed by atoms with Crippen molar-refractivity contribution in [1.29, 1.82) is 0 Å². The van der Waals surface area contributed by atoms with Gasteiger partial charge >= 0.3 is 5.97 Å². The lowest BCUT2D eigenvalue weighted by molar-refractivity contribution is -0.122. The summed E-state index contributed by atoms with van der Waals surface area (Å²) in [5.74, 6) is -1.50. The Labute approximate surface area is 181 Å². The maximum atomic E-state index is 12.9. The third kappa shape index (κ3) is 4.02. The van der Waals surface area contributed by atoms with Crippen LogP contribution < -0.4 is 4.90 Å². The molecule has 1 aliphatic carbocycles. The fourth-order valence-electron chi connectivity index (χ4n) is 4.54. The zero-order chi connectivity index (χ0) is 22.1. The average Bonchev–Trinajstić information content (AvgIpc) is 3.03. The van der Waals surface area contributed by atoms with Crippen molar-refractivity contribution in [1.82, 2.24) is 0 Å². The van der Waals surface area contributed by atoms with Gasteiger partial charge in [0.25, 0.3) is 0 Å². The Hall–Kier alpha value is -3.28. The molecule has 0 unspecified atom stereocenters. The first-order chi connectivity index (χ1) is 14.9. The molecule has 0 radical (unpaired) electrons. The average molecular weight is 419 g/mol. The first-order valence-electron chi connectivity index (χ1n) is 10.6. The van der Waals surface area contributed by atoms with Crippen molar-refractivity contribution < 1.29 is 23.9 Å². The highest BCUT2D eigenvalue weighted by atomic mass is 16.5. The van der Waals surface area contributed by atoms with Gasteiger partial charge in [0, 0.05) is 5.56 Å². The maximum absolute atomic E-state index is 12.9. The molecule has 1 saturated carbocycles. The van der Waals surface area contributed by atoms with Crippen LogP contribution >= 0.6 is 0 Å². The van der Waals surface area contributed by atoms with Crippen LogP contribution in [0.3, 0.4) is 0 Å². The molecule has 0 spiro atoms. The third-order valence-electron chi connectivity index (χ3n) is 6.24. The van der Waals surface area contributed by atoms with E-state index in [4.69, 9.17) is 4.74 Å². The summed E-state index contributed by atoms with van der Waals surface area (Å²) in [6.07, 6.45) is 1.41. The molecule has 0 bridgehead atoms. The van der Waals surface area contributed by atoms with Gasteiger partial charge in [-0.2, -0.15) is 0 Å². The Morgan fingerprint density at radius 2 is 1.61 bits per heavy atom. The summed E-state index contributed by atoms with van der Waals surface area (Å²) in [5, 5.41) is 0. The van der Waals surface area contributed by atoms with Crippen molar-refractivity contribution >= 4 is 29.3 Å². The van der Waals surface area contributed by atoms with E-state index in [-0.39, 0.29) is 35.0 Å². The van der Waals surface area contributed by atoms with Crippen LogP contribution in [0.4, 0.5) is 5.69 Å². The summed E-state index contributed by atoms with van der Waals surface area (Å²) < 4.78 is 5.36. The lowest BCUT2D eigenvalue weighted by Crippen LogP contribution is -2.31. The van der Waals surface area contributed by atoms with E-state index in [0.29, 0.717) is 30.0 Å². The molecule has 2 fully saturated rings. The molecule has 6 nitrogen and oxygen atoms in total. The summed E-state index contributed by atoms with van der Waals surface area (Å²) in [7, 11) is 0. The van der Waals surface area contributed by atoms with Crippen molar-refractivity contribution in [2.45, 2.75) is 39.2 Å². The smallest absolute Gasteiger partial charge is 0.338 e. The quantitative estimate of drug-likeness (QED) is 0.415. The van der Waals surface area contributed by atoms with Crippen molar-refractivity contribution in [2.24, 2.45) is 17.8 Å². The topological polar surface area (TPSA) is 80.8 Å². The summed E-state index contributed by atoms with van der Waals surface area (Å²) in [6.45, 7) is 3.63. The van der Waals surface area contributed by atoms with Crippen LogP contribution in [0.2, 0.25) is 0 Å². The number of carbonyl (C=O) groups excluding carboxylic acids is 4. The Bertz CT molecular complexity index is 1030. The molecule has 2 aromatic rings. The first-order valence-corrected chi connectivity index (χ1v) is 10.6. The van der Waals surface area contributed by atoms with E-state index in [1.54, 1.807) is 48.5 Å². The fourth-order valence-corrected chi connectivity index (χ4v) is 4.54. The van der Waals surface area contributed by atoms with Gasteiger partial charge in [0.1, 0.15) is 0 Å². The lowest BCUT2D eigenvalue weighted by Gasteiger charge is -2.25. The third-order valence-corrected chi connectivity index (χ3v) is 6.24. The van der Waals surface area contributed by atoms with Crippen LogP contribution in [0.15, 0.2) is 54.6 Å². The number of nitrogens with zero attached hydrogens (tertiary/aromatic N) is 1. The van der Waals surface area contributed by atoms with Gasteiger partial charge in [-0.1, -0.05) is 43.3 Å². The normalized spacial score (nSPS) is 23.9. The van der Waals surface area contributed by atoms with E-state index in [1.165, 1.54) is 17.9 Å². The van der Waals surface area contributed by atoms with Crippen LogP contribution in [0.5, 0.6) is 0 Å². The Kier molecular flexibility index (Phi) is 5.72. The molecule has 2 aromatic carbocycles. The fraction of sp³-hybridized carbons (Fsp3) is 0.360. The van der Waals surface area contributed by atoms with Crippen LogP contribution in [0.25, 0.3) is 0 Å². The number of Topliss-reactive ketones (excluding diaryl/α,β-unsaturated/α-hetero) is 1. The predicted octanol–water partition coefficient (Wildman–Crippen LogP) is 4.04. The molecule has 1 heterocycles. The highest BCUT2D eigenvalue weighted by Crippen LogP contribution is 2.42. The largest absolute Gasteiger partial charge is 0.451 e. The molecule has 0 N–H and O–H groups in total. The van der Waals surface area contributed by atoms with Gasteiger partial charge in [-0.3, -0.25) is 19.3 Å². The summed E-state index contributed by atoms with van der Waals surface area (Å²) in [6, 6.07) is 14.9. The second-order valence-corrected chi connectivity index (χ2v) is 8.47. The van der Waals surface area contributed by atoms with Gasteiger partial charge in [0.05, 0.1) is 23.1 Å². The summed E-state index contributed by atoms with van der Waals surface area (Å²) in [5.41, 5.74) is 1.02. The number of carbonyl (C=O) groups is 4. The number of anilines is 1. The molecule has 160 valence electrons. The molecule has 1 aliphatic heterocycles. The number of ketones is 1. The number of rotatable bonds is 5. The van der Waals surface area contributed by atoms with Crippen LogP contribution in [0.1, 0.15) is 53.8 Å². The van der Waals surface area contributed by atoms with E-state index in [0.717, 1.165) is 6.42 Å². The van der Waals surface area contributed by atoms with Crippen LogP contribution in [-0.4, -0.2) is 29.7 Å². The minimum atomic E-state index is -0.960. The van der Waals surface area contributed by atoms with E-state index in [9.17, 15) is 19.2 Å². The standard InChI is InChI=1S/C25H25NO5/c1-15-11-12-20-21(13-15)24(29)26(23(20)28)19-10-6-9-18(14-19)25(30)31-16(2)22(27)17-7-4-3-5-8-17/h3-10,14-16,20-21H,11-13H2,1-2H3/t15-,16-,20-,21+/m0/s1. The first kappa shape index (κ1) is 21.0. The van der Waals surface area contributed by atoms with E-state index < -0.39 is 12.1 Å². The Morgan fingerprint density at radius 3 is 2.35 bits per heavy atom. The zero-order valence-corrected chi connectivity index (χ0v) is 17.6. The molecular formula is C25H25NO5. The molecule has 1 saturated heterocycles. The number of hydrogen-bond acceptors (Lipinski definition) is 5. The number of amides is 2. The SMILES string of the molecule is C[C@H]1CC[C@@H]2C(=O)N(c3cccc(C(=O)O[C@@H](C)C(=O)c4ccccc4)c3)C(=O)[C@@H]2C1. The van der Waals surface area contributed by atoms with Crippen molar-refractivity contribution in [3.63, 3.8) is 0 Å². The number of benzene rings is 2. The lowest BCUT2D eigenvalue weighted by atomic mass is 9.76. The molecule has 2 aliphatic rings. The number of imide groups is 1. The van der Waals surface area contributed by atoms with E-state index in [2.05, 4.69) is 6.92 Å². The second-order valence-electron chi connectivity index (χ2n) is 8.47. The molecule has 6 heteroatoms. The predicted molar refractivity (Wildman–Crippen MR) is 115 cm³/mol. The molecule has 0 aromatic heterocycles. The minimum Gasteiger partial charge on any atom is -0.451 e. The number of hydrogen-bond donors (Lipinski definition) is 0. The number of fused-ring (bicyclic) bond motifs is 1. The Balaban J connectivity index is 1.50. The van der Waals surface area contributed by atoms with Gasteiger partial charge in [0.15, 0.2) is 6.10 Å². The molecule has 31 heavy (non-hydrogen) atoms. The van der Waals surface area contributed by atoms with Gasteiger partial charge in [-0.25, -0.2) is 4.79 Å². The highest BCUT2D eigenvalue weighted by molar-refractivity contribution is 6.22. The van der Waals surface area contributed by atoms with Crippen molar-refractivity contribution in [3.8, 4) is 0 Å². The number of ether oxygens (including phenoxy) is 1. The minimum absolute atomic E-state index is 0.189. The zero-order valence-electron chi connectivity index (χ0n) is 17.6. The highest BCUT2D eigenvalue weighted by Gasteiger charge is 2.50. The van der Waals surface area contributed by atoms with E-state index >= 15 is 0 Å². The molecular weight excluding hydrogens is 394 g/mol. The van der Waals surface area contributed by atoms with Crippen molar-refractivity contribution in [2.75, 3.05) is 4.90 Å². The second kappa shape index (κ2) is 8.46. The summed E-state index contributed by atoms with van der Waals surface area (Å²) in [4.78, 5) is 52.2. The monoisotopic (exact) mass is 419 g/mol. The molecule has 4 atom stereocenters.